The number of hydrogen-bond acceptors (Lipinski definition) is 4. The molecular weight excluding hydrogens is 344 g/mol. The Morgan fingerprint density at radius 3 is 2.15 bits per heavy atom. The molecule has 3 N–H and O–H groups in total. The van der Waals surface area contributed by atoms with Crippen LogP contribution in [0.3, 0.4) is 0 Å². The molecule has 138 valence electrons. The molecule has 3 aromatic rings. The molecule has 27 heavy (non-hydrogen) atoms. The highest BCUT2D eigenvalue weighted by Gasteiger charge is 2.07. The monoisotopic (exact) mass is 364 g/mol. The fraction of sp³-hybridized carbons (Fsp3) is 0.0952. The predicted octanol–water partition coefficient (Wildman–Crippen LogP) is 2.99. The highest BCUT2D eigenvalue weighted by atomic mass is 16.4. The van der Waals surface area contributed by atoms with Gasteiger partial charge in [-0.05, 0) is 53.1 Å². The van der Waals surface area contributed by atoms with E-state index in [9.17, 15) is 9.59 Å². The molecule has 0 aliphatic heterocycles. The van der Waals surface area contributed by atoms with Crippen LogP contribution in [0.1, 0.15) is 26.3 Å². The van der Waals surface area contributed by atoms with Crippen molar-refractivity contribution in [3.05, 3.63) is 89.7 Å². The van der Waals surface area contributed by atoms with Crippen molar-refractivity contribution in [1.29, 1.82) is 0 Å². The third-order valence-electron chi connectivity index (χ3n) is 3.79. The largest absolute Gasteiger partial charge is 0.478 e. The number of aliphatic hydroxyl groups is 1. The van der Waals surface area contributed by atoms with Gasteiger partial charge in [-0.25, -0.2) is 4.79 Å². The van der Waals surface area contributed by atoms with E-state index < -0.39 is 5.97 Å². The van der Waals surface area contributed by atoms with Crippen molar-refractivity contribution in [1.82, 2.24) is 10.3 Å². The second kappa shape index (κ2) is 9.84. The van der Waals surface area contributed by atoms with Gasteiger partial charge in [-0.1, -0.05) is 24.3 Å². The second-order valence-electron chi connectivity index (χ2n) is 5.50. The Morgan fingerprint density at radius 1 is 0.889 bits per heavy atom. The lowest BCUT2D eigenvalue weighted by Gasteiger charge is -2.07. The summed E-state index contributed by atoms with van der Waals surface area (Å²) in [5.74, 6) is -1.19. The molecule has 0 spiro atoms. The van der Waals surface area contributed by atoms with Crippen LogP contribution in [0.25, 0.3) is 11.1 Å². The molecule has 6 heteroatoms. The molecule has 0 saturated carbocycles. The van der Waals surface area contributed by atoms with Crippen LogP contribution in [0.5, 0.6) is 0 Å². The van der Waals surface area contributed by atoms with Crippen LogP contribution in [0.15, 0.2) is 73.1 Å². The quantitative estimate of drug-likeness (QED) is 0.646. The molecule has 0 unspecified atom stereocenters. The van der Waals surface area contributed by atoms with Crippen molar-refractivity contribution >= 4 is 11.9 Å². The molecule has 1 aromatic heterocycles. The molecule has 0 aliphatic rings. The number of nitrogens with zero attached hydrogens (tertiary/aromatic N) is 1. The SMILES string of the molecule is CO.O=C(O)c1cccc(CNC(=O)c2ccc(-c3ccncc3)cc2)c1. The van der Waals surface area contributed by atoms with Gasteiger partial charge < -0.3 is 15.5 Å². The molecule has 0 saturated heterocycles. The minimum absolute atomic E-state index is 0.202. The van der Waals surface area contributed by atoms with Gasteiger partial charge in [0.15, 0.2) is 0 Å². The smallest absolute Gasteiger partial charge is 0.335 e. The van der Waals surface area contributed by atoms with E-state index in [4.69, 9.17) is 10.2 Å². The van der Waals surface area contributed by atoms with Crippen LogP contribution >= 0.6 is 0 Å². The van der Waals surface area contributed by atoms with Gasteiger partial charge in [0.1, 0.15) is 0 Å². The number of amides is 1. The first-order valence-corrected chi connectivity index (χ1v) is 8.19. The lowest BCUT2D eigenvalue weighted by Crippen LogP contribution is -2.22. The van der Waals surface area contributed by atoms with E-state index in [2.05, 4.69) is 10.3 Å². The Morgan fingerprint density at radius 2 is 1.52 bits per heavy atom. The summed E-state index contributed by atoms with van der Waals surface area (Å²) in [4.78, 5) is 27.2. The number of pyridine rings is 1. The van der Waals surface area contributed by atoms with Crippen molar-refractivity contribution in [2.75, 3.05) is 7.11 Å². The topological polar surface area (TPSA) is 99.5 Å². The number of nitrogens with one attached hydrogen (secondary N) is 1. The average Bonchev–Trinajstić information content (AvgIpc) is 2.74. The number of aromatic carboxylic acids is 1. The Bertz CT molecular complexity index is 894. The van der Waals surface area contributed by atoms with Gasteiger partial charge in [-0.3, -0.25) is 9.78 Å². The molecule has 0 atom stereocenters. The maximum atomic E-state index is 12.2. The molecule has 2 aromatic carbocycles. The van der Waals surface area contributed by atoms with E-state index in [-0.39, 0.29) is 18.0 Å². The molecule has 0 aliphatic carbocycles. The molecule has 1 heterocycles. The number of rotatable bonds is 5. The summed E-state index contributed by atoms with van der Waals surface area (Å²) in [6.07, 6.45) is 3.45. The second-order valence-corrected chi connectivity index (χ2v) is 5.50. The first kappa shape index (κ1) is 19.8. The van der Waals surface area contributed by atoms with Gasteiger partial charge >= 0.3 is 5.97 Å². The summed E-state index contributed by atoms with van der Waals surface area (Å²) < 4.78 is 0. The number of aliphatic hydroxyl groups excluding tert-OH is 1. The van der Waals surface area contributed by atoms with Gasteiger partial charge in [0.25, 0.3) is 5.91 Å². The maximum Gasteiger partial charge on any atom is 0.335 e. The van der Waals surface area contributed by atoms with Crippen LogP contribution in [-0.4, -0.2) is 34.2 Å². The van der Waals surface area contributed by atoms with Crippen molar-refractivity contribution < 1.29 is 19.8 Å². The zero-order chi connectivity index (χ0) is 19.6. The van der Waals surface area contributed by atoms with E-state index >= 15 is 0 Å². The fourth-order valence-corrected chi connectivity index (χ4v) is 2.46. The van der Waals surface area contributed by atoms with E-state index in [0.717, 1.165) is 23.8 Å². The van der Waals surface area contributed by atoms with Crippen molar-refractivity contribution in [3.63, 3.8) is 0 Å². The summed E-state index contributed by atoms with van der Waals surface area (Å²) in [5, 5.41) is 18.8. The number of carboxylic acid groups (broad SMARTS) is 1. The van der Waals surface area contributed by atoms with E-state index in [0.29, 0.717) is 5.56 Å². The zero-order valence-corrected chi connectivity index (χ0v) is 14.8. The van der Waals surface area contributed by atoms with Gasteiger partial charge in [0, 0.05) is 31.6 Å². The lowest BCUT2D eigenvalue weighted by molar-refractivity contribution is 0.0696. The Hall–Kier alpha value is -3.51. The molecule has 0 bridgehead atoms. The zero-order valence-electron chi connectivity index (χ0n) is 14.8. The first-order chi connectivity index (χ1) is 13.1. The number of aromatic nitrogens is 1. The summed E-state index contributed by atoms with van der Waals surface area (Å²) in [5.41, 5.74) is 3.53. The third-order valence-corrected chi connectivity index (χ3v) is 3.79. The molecule has 0 radical (unpaired) electrons. The average molecular weight is 364 g/mol. The third kappa shape index (κ3) is 5.49. The van der Waals surface area contributed by atoms with Crippen molar-refractivity contribution in [2.24, 2.45) is 0 Å². The van der Waals surface area contributed by atoms with E-state index in [1.54, 1.807) is 42.7 Å². The summed E-state index contributed by atoms with van der Waals surface area (Å²) in [6, 6.07) is 17.6. The first-order valence-electron chi connectivity index (χ1n) is 8.19. The standard InChI is InChI=1S/C20H16N2O3.CH4O/c23-19(22-13-14-2-1-3-18(12-14)20(24)25)17-6-4-15(5-7-17)16-8-10-21-11-9-16;1-2/h1-12H,13H2,(H,22,23)(H,24,25);2H,1H3. The van der Waals surface area contributed by atoms with E-state index in [1.807, 2.05) is 24.3 Å². The van der Waals surface area contributed by atoms with Crippen LogP contribution in [0.4, 0.5) is 0 Å². The van der Waals surface area contributed by atoms with Gasteiger partial charge in [0.2, 0.25) is 0 Å². The van der Waals surface area contributed by atoms with Crippen molar-refractivity contribution in [3.8, 4) is 11.1 Å². The molecule has 1 amide bonds. The number of carbonyl (C=O) groups is 2. The highest BCUT2D eigenvalue weighted by molar-refractivity contribution is 5.94. The van der Waals surface area contributed by atoms with Crippen LogP contribution in [0, 0.1) is 0 Å². The molecule has 0 fully saturated rings. The Labute approximate surface area is 157 Å². The molecule has 3 rings (SSSR count). The molecule has 6 nitrogen and oxygen atoms in total. The van der Waals surface area contributed by atoms with Crippen molar-refractivity contribution in [2.45, 2.75) is 6.54 Å². The highest BCUT2D eigenvalue weighted by Crippen LogP contribution is 2.18. The normalized spacial score (nSPS) is 9.70. The number of benzene rings is 2. The number of carbonyl (C=O) groups excluding carboxylic acids is 1. The summed E-state index contributed by atoms with van der Waals surface area (Å²) >= 11 is 0. The Balaban J connectivity index is 0.00000126. The van der Waals surface area contributed by atoms with Crippen LogP contribution in [-0.2, 0) is 6.54 Å². The molecular formula is C21H20N2O4. The maximum absolute atomic E-state index is 12.2. The predicted molar refractivity (Wildman–Crippen MR) is 102 cm³/mol. The minimum Gasteiger partial charge on any atom is -0.478 e. The van der Waals surface area contributed by atoms with Gasteiger partial charge in [0.05, 0.1) is 5.56 Å². The minimum atomic E-state index is -0.986. The summed E-state index contributed by atoms with van der Waals surface area (Å²) in [6.45, 7) is 0.270. The summed E-state index contributed by atoms with van der Waals surface area (Å²) in [7, 11) is 1.00. The number of hydrogen-bond donors (Lipinski definition) is 3. The fourth-order valence-electron chi connectivity index (χ4n) is 2.46. The number of carboxylic acids is 1. The van der Waals surface area contributed by atoms with Crippen LogP contribution in [0.2, 0.25) is 0 Å². The van der Waals surface area contributed by atoms with E-state index in [1.165, 1.54) is 6.07 Å². The lowest BCUT2D eigenvalue weighted by atomic mass is 10.0. The van der Waals surface area contributed by atoms with Gasteiger partial charge in [-0.15, -0.1) is 0 Å². The van der Waals surface area contributed by atoms with Crippen LogP contribution < -0.4 is 5.32 Å². The van der Waals surface area contributed by atoms with Gasteiger partial charge in [-0.2, -0.15) is 0 Å². The Kier molecular flexibility index (Phi) is 7.22.